The third kappa shape index (κ3) is 3.62. The molecule has 0 atom stereocenters. The quantitative estimate of drug-likeness (QED) is 0.692. The molecule has 0 aliphatic heterocycles. The fourth-order valence-corrected chi connectivity index (χ4v) is 2.20. The predicted molar refractivity (Wildman–Crippen MR) is 78.3 cm³/mol. The molecule has 0 fully saturated rings. The van der Waals surface area contributed by atoms with Gasteiger partial charge in [-0.25, -0.2) is 9.37 Å². The Kier molecular flexibility index (Phi) is 4.61. The first-order valence-electron chi connectivity index (χ1n) is 7.09. The summed E-state index contributed by atoms with van der Waals surface area (Å²) in [6.07, 6.45) is 2.56. The first kappa shape index (κ1) is 16.2. The van der Waals surface area contributed by atoms with Gasteiger partial charge in [0, 0.05) is 18.0 Å². The maximum Gasteiger partial charge on any atom is 0.319 e. The van der Waals surface area contributed by atoms with Crippen molar-refractivity contribution in [2.45, 2.75) is 19.6 Å². The zero-order chi connectivity index (χ0) is 17.1. The highest BCUT2D eigenvalue weighted by molar-refractivity contribution is 5.51. The van der Waals surface area contributed by atoms with Gasteiger partial charge in [0.1, 0.15) is 11.6 Å². The second kappa shape index (κ2) is 6.83. The first-order valence-corrected chi connectivity index (χ1v) is 7.09. The number of imidazole rings is 1. The molecule has 0 bridgehead atoms. The minimum absolute atomic E-state index is 0.200. The Morgan fingerprint density at radius 3 is 2.62 bits per heavy atom. The number of aromatic nitrogens is 4. The molecule has 0 radical (unpaired) electrons. The number of hydrogen-bond acceptors (Lipinski definition) is 5. The Bertz CT molecular complexity index is 800. The molecule has 3 rings (SSSR count). The van der Waals surface area contributed by atoms with E-state index in [9.17, 15) is 13.2 Å². The van der Waals surface area contributed by atoms with Crippen molar-refractivity contribution in [3.8, 4) is 11.5 Å². The minimum Gasteiger partial charge on any atom is -0.419 e. The van der Waals surface area contributed by atoms with Gasteiger partial charge in [0.2, 0.25) is 11.8 Å². The van der Waals surface area contributed by atoms with Crippen LogP contribution in [-0.4, -0.2) is 31.7 Å². The van der Waals surface area contributed by atoms with E-state index in [-0.39, 0.29) is 30.6 Å². The van der Waals surface area contributed by atoms with Crippen LogP contribution in [0, 0.1) is 5.82 Å². The standard InChI is InChI=1S/C15H14F3N5O/c1-22(8-12-19-6-7-23(12)15(17)18)9-13-20-21-14(24-13)10-2-4-11(16)5-3-10/h2-7,15H,8-9H2,1H3. The molecule has 126 valence electrons. The molecule has 0 saturated carbocycles. The van der Waals surface area contributed by atoms with Crippen LogP contribution in [0.15, 0.2) is 41.1 Å². The Balaban J connectivity index is 1.66. The molecule has 24 heavy (non-hydrogen) atoms. The van der Waals surface area contributed by atoms with Crippen molar-refractivity contribution in [1.82, 2.24) is 24.6 Å². The third-order valence-electron chi connectivity index (χ3n) is 3.33. The predicted octanol–water partition coefficient (Wildman–Crippen LogP) is 3.10. The lowest BCUT2D eigenvalue weighted by atomic mass is 10.2. The van der Waals surface area contributed by atoms with Crippen LogP contribution >= 0.6 is 0 Å². The van der Waals surface area contributed by atoms with E-state index in [1.807, 2.05) is 0 Å². The molecule has 3 aromatic rings. The molecule has 0 aliphatic carbocycles. The van der Waals surface area contributed by atoms with Gasteiger partial charge in [-0.15, -0.1) is 10.2 Å². The van der Waals surface area contributed by atoms with Crippen LogP contribution in [0.25, 0.3) is 11.5 Å². The van der Waals surface area contributed by atoms with Crippen LogP contribution in [0.4, 0.5) is 13.2 Å². The van der Waals surface area contributed by atoms with Gasteiger partial charge in [0.25, 0.3) is 0 Å². The van der Waals surface area contributed by atoms with Gasteiger partial charge >= 0.3 is 6.55 Å². The minimum atomic E-state index is -2.63. The molecule has 1 aromatic carbocycles. The van der Waals surface area contributed by atoms with Gasteiger partial charge in [-0.2, -0.15) is 8.78 Å². The van der Waals surface area contributed by atoms with Crippen LogP contribution in [-0.2, 0) is 13.1 Å². The van der Waals surface area contributed by atoms with E-state index in [1.54, 1.807) is 11.9 Å². The summed E-state index contributed by atoms with van der Waals surface area (Å²) in [4.78, 5) is 5.64. The Hall–Kier alpha value is -2.68. The summed E-state index contributed by atoms with van der Waals surface area (Å²) in [7, 11) is 1.73. The second-order valence-electron chi connectivity index (χ2n) is 5.21. The molecular weight excluding hydrogens is 323 g/mol. The number of hydrogen-bond donors (Lipinski definition) is 0. The lowest BCUT2D eigenvalue weighted by Crippen LogP contribution is -2.20. The maximum absolute atomic E-state index is 12.9. The largest absolute Gasteiger partial charge is 0.419 e. The Labute approximate surface area is 135 Å². The molecule has 0 spiro atoms. The van der Waals surface area contributed by atoms with Crippen molar-refractivity contribution < 1.29 is 17.6 Å². The molecule has 9 heteroatoms. The Morgan fingerprint density at radius 2 is 1.92 bits per heavy atom. The smallest absolute Gasteiger partial charge is 0.319 e. The lowest BCUT2D eigenvalue weighted by molar-refractivity contribution is 0.0642. The summed E-state index contributed by atoms with van der Waals surface area (Å²) < 4.78 is 44.8. The van der Waals surface area contributed by atoms with Gasteiger partial charge < -0.3 is 4.42 Å². The molecule has 6 nitrogen and oxygen atoms in total. The van der Waals surface area contributed by atoms with E-state index in [4.69, 9.17) is 4.42 Å². The van der Waals surface area contributed by atoms with Crippen molar-refractivity contribution >= 4 is 0 Å². The van der Waals surface area contributed by atoms with Crippen molar-refractivity contribution in [3.05, 3.63) is 54.2 Å². The average molecular weight is 337 g/mol. The number of benzene rings is 1. The number of rotatable bonds is 6. The molecular formula is C15H14F3N5O. The number of nitrogens with zero attached hydrogens (tertiary/aromatic N) is 5. The van der Waals surface area contributed by atoms with Crippen LogP contribution in [0.5, 0.6) is 0 Å². The van der Waals surface area contributed by atoms with Gasteiger partial charge in [0.15, 0.2) is 0 Å². The summed E-state index contributed by atoms with van der Waals surface area (Å²) in [6, 6.07) is 5.68. The van der Waals surface area contributed by atoms with Gasteiger partial charge in [-0.3, -0.25) is 9.47 Å². The molecule has 0 aliphatic rings. The fourth-order valence-electron chi connectivity index (χ4n) is 2.20. The molecule has 0 amide bonds. The summed E-state index contributed by atoms with van der Waals surface area (Å²) in [5, 5.41) is 7.82. The summed E-state index contributed by atoms with van der Waals surface area (Å²) in [6.45, 7) is -2.17. The van der Waals surface area contributed by atoms with Crippen molar-refractivity contribution in [3.63, 3.8) is 0 Å². The maximum atomic E-state index is 12.9. The molecule has 2 heterocycles. The summed E-state index contributed by atoms with van der Waals surface area (Å²) in [5.41, 5.74) is 0.603. The van der Waals surface area contributed by atoms with E-state index >= 15 is 0 Å². The molecule has 0 saturated heterocycles. The van der Waals surface area contributed by atoms with Crippen molar-refractivity contribution in [2.24, 2.45) is 0 Å². The van der Waals surface area contributed by atoms with E-state index in [1.165, 1.54) is 36.7 Å². The van der Waals surface area contributed by atoms with E-state index in [2.05, 4.69) is 15.2 Å². The van der Waals surface area contributed by atoms with Gasteiger partial charge in [-0.1, -0.05) is 0 Å². The molecule has 0 unspecified atom stereocenters. The van der Waals surface area contributed by atoms with Crippen LogP contribution < -0.4 is 0 Å². The highest BCUT2D eigenvalue weighted by Gasteiger charge is 2.15. The normalized spacial score (nSPS) is 11.6. The van der Waals surface area contributed by atoms with E-state index in [0.29, 0.717) is 11.5 Å². The SMILES string of the molecule is CN(Cc1nnc(-c2ccc(F)cc2)o1)Cc1nccn1C(F)F. The van der Waals surface area contributed by atoms with Gasteiger partial charge in [-0.05, 0) is 31.3 Å². The lowest BCUT2D eigenvalue weighted by Gasteiger charge is -2.14. The van der Waals surface area contributed by atoms with Gasteiger partial charge in [0.05, 0.1) is 13.1 Å². The summed E-state index contributed by atoms with van der Waals surface area (Å²) in [5.74, 6) is 0.484. The zero-order valence-corrected chi connectivity index (χ0v) is 12.7. The van der Waals surface area contributed by atoms with E-state index in [0.717, 1.165) is 4.57 Å². The van der Waals surface area contributed by atoms with E-state index < -0.39 is 6.55 Å². The zero-order valence-electron chi connectivity index (χ0n) is 12.7. The second-order valence-corrected chi connectivity index (χ2v) is 5.21. The first-order chi connectivity index (χ1) is 11.5. The topological polar surface area (TPSA) is 60.0 Å². The highest BCUT2D eigenvalue weighted by atomic mass is 19.3. The monoisotopic (exact) mass is 337 g/mol. The third-order valence-corrected chi connectivity index (χ3v) is 3.33. The highest BCUT2D eigenvalue weighted by Crippen LogP contribution is 2.19. The van der Waals surface area contributed by atoms with Crippen LogP contribution in [0.1, 0.15) is 18.3 Å². The van der Waals surface area contributed by atoms with Crippen molar-refractivity contribution in [2.75, 3.05) is 7.05 Å². The van der Waals surface area contributed by atoms with Crippen LogP contribution in [0.3, 0.4) is 0 Å². The van der Waals surface area contributed by atoms with Crippen molar-refractivity contribution in [1.29, 1.82) is 0 Å². The molecule has 0 N–H and O–H groups in total. The number of alkyl halides is 2. The van der Waals surface area contributed by atoms with Crippen LogP contribution in [0.2, 0.25) is 0 Å². The fraction of sp³-hybridized carbons (Fsp3) is 0.267. The summed E-state index contributed by atoms with van der Waals surface area (Å²) >= 11 is 0. The number of halogens is 3. The molecule has 2 aromatic heterocycles. The Morgan fingerprint density at radius 1 is 1.17 bits per heavy atom. The average Bonchev–Trinajstić information content (AvgIpc) is 3.17.